The number of likely N-dealkylation sites (N-methyl/N-ethyl adjacent to an activating group) is 1. The maximum atomic E-state index is 11.5. The van der Waals surface area contributed by atoms with Gasteiger partial charge in [-0.25, -0.2) is 4.79 Å². The van der Waals surface area contributed by atoms with Gasteiger partial charge in [0, 0.05) is 11.6 Å². The van der Waals surface area contributed by atoms with Crippen LogP contribution in [0.2, 0.25) is 0 Å². The fourth-order valence-corrected chi connectivity index (χ4v) is 0.885. The molecule has 0 saturated heterocycles. The van der Waals surface area contributed by atoms with E-state index in [1.54, 1.807) is 6.92 Å². The topological polar surface area (TPSA) is 38.3 Å². The summed E-state index contributed by atoms with van der Waals surface area (Å²) in [5.74, 6) is -0.250. The second kappa shape index (κ2) is 5.15. The van der Waals surface area contributed by atoms with Crippen LogP contribution in [0.25, 0.3) is 0 Å². The molecule has 3 nitrogen and oxygen atoms in total. The fourth-order valence-electron chi connectivity index (χ4n) is 0.885. The van der Waals surface area contributed by atoms with Crippen molar-refractivity contribution >= 4 is 5.97 Å². The average molecular weight is 199 g/mol. The molecule has 1 atom stereocenters. The molecule has 0 aromatic carbocycles. The van der Waals surface area contributed by atoms with Crippen molar-refractivity contribution in [3.05, 3.63) is 11.6 Å². The van der Waals surface area contributed by atoms with E-state index in [4.69, 9.17) is 4.74 Å². The summed E-state index contributed by atoms with van der Waals surface area (Å²) in [5, 5.41) is 3.03. The maximum Gasteiger partial charge on any atom is 0.333 e. The highest BCUT2D eigenvalue weighted by molar-refractivity contribution is 5.88. The first-order valence-electron chi connectivity index (χ1n) is 4.85. The molecule has 0 saturated carbocycles. The Morgan fingerprint density at radius 3 is 2.29 bits per heavy atom. The van der Waals surface area contributed by atoms with Crippen LogP contribution < -0.4 is 5.32 Å². The summed E-state index contributed by atoms with van der Waals surface area (Å²) >= 11 is 0. The number of nitrogens with one attached hydrogen (secondary N) is 1. The van der Waals surface area contributed by atoms with Crippen molar-refractivity contribution in [1.29, 1.82) is 0 Å². The molecule has 0 amide bonds. The molecular formula is C11H21NO2. The van der Waals surface area contributed by atoms with Crippen LogP contribution >= 0.6 is 0 Å². The van der Waals surface area contributed by atoms with Crippen LogP contribution in [0.4, 0.5) is 0 Å². The summed E-state index contributed by atoms with van der Waals surface area (Å²) in [6.07, 6.45) is 1.86. The Morgan fingerprint density at radius 2 is 1.93 bits per heavy atom. The molecule has 0 aliphatic heterocycles. The minimum Gasteiger partial charge on any atom is -0.457 e. The number of ether oxygens (including phenoxy) is 1. The van der Waals surface area contributed by atoms with E-state index in [-0.39, 0.29) is 12.0 Å². The lowest BCUT2D eigenvalue weighted by Gasteiger charge is -2.20. The second-order valence-corrected chi connectivity index (χ2v) is 4.43. The van der Waals surface area contributed by atoms with Crippen molar-refractivity contribution in [2.75, 3.05) is 7.05 Å². The predicted molar refractivity (Wildman–Crippen MR) is 58.1 cm³/mol. The Hall–Kier alpha value is -0.830. The lowest BCUT2D eigenvalue weighted by molar-refractivity contribution is -0.149. The number of hydrogen-bond donors (Lipinski definition) is 1. The first-order valence-corrected chi connectivity index (χ1v) is 4.85. The minimum atomic E-state index is -0.422. The van der Waals surface area contributed by atoms with Crippen LogP contribution in [0.15, 0.2) is 11.6 Å². The monoisotopic (exact) mass is 199 g/mol. The fraction of sp³-hybridized carbons (Fsp3) is 0.727. The summed E-state index contributed by atoms with van der Waals surface area (Å²) < 4.78 is 5.21. The zero-order chi connectivity index (χ0) is 11.4. The van der Waals surface area contributed by atoms with Gasteiger partial charge in [0.2, 0.25) is 0 Å². The van der Waals surface area contributed by atoms with Crippen molar-refractivity contribution in [1.82, 2.24) is 5.32 Å². The van der Waals surface area contributed by atoms with Gasteiger partial charge in [-0.3, -0.25) is 0 Å². The van der Waals surface area contributed by atoms with Gasteiger partial charge in [-0.2, -0.15) is 0 Å². The number of rotatable bonds is 3. The lowest BCUT2D eigenvalue weighted by Crippen LogP contribution is -2.26. The third-order valence-electron chi connectivity index (χ3n) is 1.68. The number of carbonyl (C=O) groups is 1. The van der Waals surface area contributed by atoms with Crippen LogP contribution in [-0.4, -0.2) is 24.7 Å². The highest BCUT2D eigenvalue weighted by atomic mass is 16.6. The molecule has 0 rings (SSSR count). The Kier molecular flexibility index (Phi) is 4.85. The van der Waals surface area contributed by atoms with Gasteiger partial charge < -0.3 is 10.1 Å². The van der Waals surface area contributed by atoms with E-state index in [2.05, 4.69) is 5.32 Å². The van der Waals surface area contributed by atoms with E-state index in [9.17, 15) is 4.79 Å². The van der Waals surface area contributed by atoms with Gasteiger partial charge in [0.15, 0.2) is 0 Å². The minimum absolute atomic E-state index is 0.183. The Balaban J connectivity index is 4.33. The number of esters is 1. The van der Waals surface area contributed by atoms with Crippen molar-refractivity contribution in [2.45, 2.75) is 46.3 Å². The van der Waals surface area contributed by atoms with E-state index in [1.165, 1.54) is 0 Å². The van der Waals surface area contributed by atoms with Gasteiger partial charge in [0.25, 0.3) is 0 Å². The van der Waals surface area contributed by atoms with Crippen LogP contribution in [0, 0.1) is 0 Å². The predicted octanol–water partition coefficient (Wildman–Crippen LogP) is 1.88. The molecule has 0 radical (unpaired) electrons. The third-order valence-corrected chi connectivity index (χ3v) is 1.68. The van der Waals surface area contributed by atoms with E-state index in [1.807, 2.05) is 40.8 Å². The zero-order valence-electron chi connectivity index (χ0n) is 9.97. The molecule has 0 aliphatic rings. The molecule has 1 N–H and O–H groups in total. The highest BCUT2D eigenvalue weighted by Crippen LogP contribution is 2.10. The maximum absolute atomic E-state index is 11.5. The molecule has 3 heteroatoms. The smallest absolute Gasteiger partial charge is 0.333 e. The second-order valence-electron chi connectivity index (χ2n) is 4.43. The van der Waals surface area contributed by atoms with Gasteiger partial charge >= 0.3 is 5.97 Å². The van der Waals surface area contributed by atoms with E-state index in [0.717, 1.165) is 0 Å². The van der Waals surface area contributed by atoms with Gasteiger partial charge in [-0.15, -0.1) is 0 Å². The summed E-state index contributed by atoms with van der Waals surface area (Å²) in [4.78, 5) is 11.5. The van der Waals surface area contributed by atoms with E-state index in [0.29, 0.717) is 5.57 Å². The summed E-state index contributed by atoms with van der Waals surface area (Å²) in [6.45, 7) is 9.33. The molecule has 82 valence electrons. The molecule has 0 bridgehead atoms. The average Bonchev–Trinajstić information content (AvgIpc) is 2.00. The van der Waals surface area contributed by atoms with Crippen LogP contribution in [0.1, 0.15) is 34.6 Å². The highest BCUT2D eigenvalue weighted by Gasteiger charge is 2.17. The molecule has 1 unspecified atom stereocenters. The standard InChI is InChI=1S/C11H21NO2/c1-8(7-9(2)12-6)10(13)14-11(3,4)5/h7,9,12H,1-6H3. The van der Waals surface area contributed by atoms with Crippen molar-refractivity contribution in [3.8, 4) is 0 Å². The van der Waals surface area contributed by atoms with Crippen LogP contribution in [0.5, 0.6) is 0 Å². The quantitative estimate of drug-likeness (QED) is 0.557. The van der Waals surface area contributed by atoms with E-state index < -0.39 is 5.60 Å². The van der Waals surface area contributed by atoms with E-state index >= 15 is 0 Å². The molecule has 14 heavy (non-hydrogen) atoms. The molecular weight excluding hydrogens is 178 g/mol. The van der Waals surface area contributed by atoms with Gasteiger partial charge in [0.05, 0.1) is 0 Å². The summed E-state index contributed by atoms with van der Waals surface area (Å²) in [7, 11) is 1.85. The largest absolute Gasteiger partial charge is 0.457 e. The molecule has 0 heterocycles. The van der Waals surface area contributed by atoms with Gasteiger partial charge in [0.1, 0.15) is 5.60 Å². The Bertz CT molecular complexity index is 226. The first kappa shape index (κ1) is 13.2. The molecule has 0 spiro atoms. The van der Waals surface area contributed by atoms with Crippen molar-refractivity contribution in [3.63, 3.8) is 0 Å². The molecule has 0 aromatic heterocycles. The van der Waals surface area contributed by atoms with Crippen molar-refractivity contribution < 1.29 is 9.53 Å². The Labute approximate surface area is 86.5 Å². The lowest BCUT2D eigenvalue weighted by atomic mass is 10.1. The van der Waals surface area contributed by atoms with Crippen molar-refractivity contribution in [2.24, 2.45) is 0 Å². The first-order chi connectivity index (χ1) is 6.26. The SMILES string of the molecule is CNC(C)C=C(C)C(=O)OC(C)(C)C. The van der Waals surface area contributed by atoms with Gasteiger partial charge in [-0.05, 0) is 41.7 Å². The number of carbonyl (C=O) groups excluding carboxylic acids is 1. The van der Waals surface area contributed by atoms with Crippen LogP contribution in [-0.2, 0) is 9.53 Å². The van der Waals surface area contributed by atoms with Gasteiger partial charge in [-0.1, -0.05) is 6.08 Å². The summed E-state index contributed by atoms with van der Waals surface area (Å²) in [6, 6.07) is 0.183. The number of hydrogen-bond acceptors (Lipinski definition) is 3. The summed E-state index contributed by atoms with van der Waals surface area (Å²) in [5.41, 5.74) is 0.219. The normalized spacial score (nSPS) is 15.1. The van der Waals surface area contributed by atoms with Crippen LogP contribution in [0.3, 0.4) is 0 Å². The zero-order valence-corrected chi connectivity index (χ0v) is 9.97. The molecule has 0 aliphatic carbocycles. The Morgan fingerprint density at radius 1 is 1.43 bits per heavy atom. The molecule has 0 fully saturated rings. The molecule has 0 aromatic rings. The third kappa shape index (κ3) is 5.75.